The highest BCUT2D eigenvalue weighted by Crippen LogP contribution is 2.08. The summed E-state index contributed by atoms with van der Waals surface area (Å²) in [5.74, 6) is -0.921. The molecule has 0 aliphatic carbocycles. The smallest absolute Gasteiger partial charge is 0.325 e. The summed E-state index contributed by atoms with van der Waals surface area (Å²) in [5.41, 5.74) is 0.602. The van der Waals surface area contributed by atoms with Crippen LogP contribution in [0.1, 0.15) is 0 Å². The van der Waals surface area contributed by atoms with E-state index in [0.29, 0.717) is 5.65 Å². The average molecular weight is 177 g/mol. The van der Waals surface area contributed by atoms with Gasteiger partial charge in [0, 0.05) is 11.6 Å². The van der Waals surface area contributed by atoms with Gasteiger partial charge in [0.15, 0.2) is 5.65 Å². The maximum absolute atomic E-state index is 10.4. The fourth-order valence-electron chi connectivity index (χ4n) is 1.16. The first kappa shape index (κ1) is 7.72. The molecule has 5 heteroatoms. The van der Waals surface area contributed by atoms with Gasteiger partial charge in [-0.3, -0.25) is 4.79 Å². The zero-order chi connectivity index (χ0) is 9.26. The molecule has 0 fully saturated rings. The van der Waals surface area contributed by atoms with Gasteiger partial charge in [-0.1, -0.05) is 0 Å². The average Bonchev–Trinajstić information content (AvgIpc) is 2.48. The van der Waals surface area contributed by atoms with E-state index in [4.69, 9.17) is 5.11 Å². The van der Waals surface area contributed by atoms with Crippen LogP contribution in [0, 0.1) is 0 Å². The van der Waals surface area contributed by atoms with Crippen LogP contribution in [0.2, 0.25) is 0 Å². The number of pyridine rings is 1. The van der Waals surface area contributed by atoms with Crippen LogP contribution >= 0.6 is 0 Å². The molecule has 0 atom stereocenters. The van der Waals surface area contributed by atoms with Gasteiger partial charge in [0.1, 0.15) is 6.54 Å². The second-order valence-electron chi connectivity index (χ2n) is 2.61. The molecule has 1 N–H and O–H groups in total. The van der Waals surface area contributed by atoms with E-state index in [1.54, 1.807) is 18.5 Å². The summed E-state index contributed by atoms with van der Waals surface area (Å²) in [7, 11) is 0. The maximum atomic E-state index is 10.4. The standard InChI is InChI=1S/C8H7N3O2/c12-7(13)5-11-8-6(4-10-11)2-1-3-9-8/h1-4H,5H2,(H,12,13). The fourth-order valence-corrected chi connectivity index (χ4v) is 1.16. The van der Waals surface area contributed by atoms with Gasteiger partial charge in [0.25, 0.3) is 0 Å². The molecule has 0 aliphatic heterocycles. The molecular weight excluding hydrogens is 170 g/mol. The monoisotopic (exact) mass is 177 g/mol. The zero-order valence-electron chi connectivity index (χ0n) is 6.71. The first-order valence-electron chi connectivity index (χ1n) is 3.76. The number of fused-ring (bicyclic) bond motifs is 1. The van der Waals surface area contributed by atoms with Crippen molar-refractivity contribution in [1.82, 2.24) is 14.8 Å². The van der Waals surface area contributed by atoms with Crippen molar-refractivity contribution in [2.45, 2.75) is 6.54 Å². The topological polar surface area (TPSA) is 68.0 Å². The first-order valence-corrected chi connectivity index (χ1v) is 3.76. The lowest BCUT2D eigenvalue weighted by molar-refractivity contribution is -0.137. The quantitative estimate of drug-likeness (QED) is 0.725. The molecule has 0 bridgehead atoms. The minimum atomic E-state index is -0.921. The summed E-state index contributed by atoms with van der Waals surface area (Å²) in [4.78, 5) is 14.5. The molecule has 0 radical (unpaired) electrons. The van der Waals surface area contributed by atoms with Crippen molar-refractivity contribution in [2.24, 2.45) is 0 Å². The Bertz CT molecular complexity index is 449. The van der Waals surface area contributed by atoms with Crippen LogP contribution in [0.25, 0.3) is 11.0 Å². The highest BCUT2D eigenvalue weighted by molar-refractivity contribution is 5.76. The molecule has 0 amide bonds. The number of hydrogen-bond acceptors (Lipinski definition) is 3. The Labute approximate surface area is 73.6 Å². The lowest BCUT2D eigenvalue weighted by Gasteiger charge is -1.96. The van der Waals surface area contributed by atoms with Gasteiger partial charge in [0.05, 0.1) is 6.20 Å². The molecule has 2 aromatic heterocycles. The molecule has 5 nitrogen and oxygen atoms in total. The normalized spacial score (nSPS) is 10.5. The molecular formula is C8H7N3O2. The van der Waals surface area contributed by atoms with E-state index >= 15 is 0 Å². The van der Waals surface area contributed by atoms with E-state index in [1.807, 2.05) is 6.07 Å². The lowest BCUT2D eigenvalue weighted by atomic mass is 10.4. The lowest BCUT2D eigenvalue weighted by Crippen LogP contribution is -2.10. The Morgan fingerprint density at radius 1 is 1.62 bits per heavy atom. The van der Waals surface area contributed by atoms with E-state index in [-0.39, 0.29) is 6.54 Å². The molecule has 0 aliphatic rings. The van der Waals surface area contributed by atoms with Crippen molar-refractivity contribution in [3.63, 3.8) is 0 Å². The molecule has 2 rings (SSSR count). The van der Waals surface area contributed by atoms with Crippen molar-refractivity contribution in [3.05, 3.63) is 24.5 Å². The van der Waals surface area contributed by atoms with Crippen molar-refractivity contribution in [2.75, 3.05) is 0 Å². The van der Waals surface area contributed by atoms with Crippen LogP contribution in [0.15, 0.2) is 24.5 Å². The Hall–Kier alpha value is -1.91. The maximum Gasteiger partial charge on any atom is 0.325 e. The van der Waals surface area contributed by atoms with Crippen molar-refractivity contribution in [3.8, 4) is 0 Å². The fraction of sp³-hybridized carbons (Fsp3) is 0.125. The SMILES string of the molecule is O=C(O)Cn1ncc2cccnc21. The number of carbonyl (C=O) groups is 1. The number of carboxylic acids is 1. The van der Waals surface area contributed by atoms with Gasteiger partial charge in [-0.25, -0.2) is 9.67 Å². The molecule has 0 aromatic carbocycles. The molecule has 13 heavy (non-hydrogen) atoms. The largest absolute Gasteiger partial charge is 0.480 e. The summed E-state index contributed by atoms with van der Waals surface area (Å²) < 4.78 is 1.36. The van der Waals surface area contributed by atoms with Gasteiger partial charge in [-0.15, -0.1) is 0 Å². The Balaban J connectivity index is 2.51. The first-order chi connectivity index (χ1) is 6.27. The molecule has 66 valence electrons. The van der Waals surface area contributed by atoms with E-state index in [1.165, 1.54) is 4.68 Å². The summed E-state index contributed by atoms with van der Waals surface area (Å²) in [6, 6.07) is 3.63. The number of aromatic nitrogens is 3. The van der Waals surface area contributed by atoms with Crippen LogP contribution in [-0.2, 0) is 11.3 Å². The molecule has 0 spiro atoms. The van der Waals surface area contributed by atoms with Gasteiger partial charge in [-0.05, 0) is 12.1 Å². The Kier molecular flexibility index (Phi) is 1.70. The molecule has 0 saturated carbocycles. The van der Waals surface area contributed by atoms with Crippen LogP contribution in [-0.4, -0.2) is 25.8 Å². The number of hydrogen-bond donors (Lipinski definition) is 1. The second kappa shape index (κ2) is 2.85. The van der Waals surface area contributed by atoms with Crippen LogP contribution in [0.4, 0.5) is 0 Å². The van der Waals surface area contributed by atoms with Gasteiger partial charge < -0.3 is 5.11 Å². The van der Waals surface area contributed by atoms with Crippen LogP contribution in [0.3, 0.4) is 0 Å². The van der Waals surface area contributed by atoms with E-state index in [9.17, 15) is 4.79 Å². The zero-order valence-corrected chi connectivity index (χ0v) is 6.71. The third kappa shape index (κ3) is 1.35. The Morgan fingerprint density at radius 2 is 2.46 bits per heavy atom. The predicted molar refractivity (Wildman–Crippen MR) is 45.2 cm³/mol. The van der Waals surface area contributed by atoms with Crippen molar-refractivity contribution in [1.29, 1.82) is 0 Å². The molecule has 2 heterocycles. The highest BCUT2D eigenvalue weighted by Gasteiger charge is 2.05. The molecule has 0 saturated heterocycles. The van der Waals surface area contributed by atoms with E-state index < -0.39 is 5.97 Å². The minimum Gasteiger partial charge on any atom is -0.480 e. The second-order valence-corrected chi connectivity index (χ2v) is 2.61. The third-order valence-corrected chi connectivity index (χ3v) is 1.68. The van der Waals surface area contributed by atoms with Crippen LogP contribution < -0.4 is 0 Å². The summed E-state index contributed by atoms with van der Waals surface area (Å²) in [6.07, 6.45) is 3.22. The molecule has 2 aromatic rings. The minimum absolute atomic E-state index is 0.152. The predicted octanol–water partition coefficient (Wildman–Crippen LogP) is 0.516. The number of carboxylic acid groups (broad SMARTS) is 1. The van der Waals surface area contributed by atoms with E-state index in [0.717, 1.165) is 5.39 Å². The van der Waals surface area contributed by atoms with E-state index in [2.05, 4.69) is 10.1 Å². The van der Waals surface area contributed by atoms with Crippen LogP contribution in [0.5, 0.6) is 0 Å². The number of nitrogens with zero attached hydrogens (tertiary/aromatic N) is 3. The van der Waals surface area contributed by atoms with Crippen molar-refractivity contribution >= 4 is 17.0 Å². The number of rotatable bonds is 2. The number of aliphatic carboxylic acids is 1. The van der Waals surface area contributed by atoms with Crippen molar-refractivity contribution < 1.29 is 9.90 Å². The highest BCUT2D eigenvalue weighted by atomic mass is 16.4. The Morgan fingerprint density at radius 3 is 3.23 bits per heavy atom. The van der Waals surface area contributed by atoms with Gasteiger partial charge in [0.2, 0.25) is 0 Å². The summed E-state index contributed by atoms with van der Waals surface area (Å²) in [6.45, 7) is -0.152. The molecule has 0 unspecified atom stereocenters. The third-order valence-electron chi connectivity index (χ3n) is 1.68. The van der Waals surface area contributed by atoms with Gasteiger partial charge in [-0.2, -0.15) is 5.10 Å². The van der Waals surface area contributed by atoms with Gasteiger partial charge >= 0.3 is 5.97 Å². The summed E-state index contributed by atoms with van der Waals surface area (Å²) in [5, 5.41) is 13.3. The summed E-state index contributed by atoms with van der Waals surface area (Å²) >= 11 is 0.